The van der Waals surface area contributed by atoms with Gasteiger partial charge in [0.2, 0.25) is 0 Å². The molecule has 58 heavy (non-hydrogen) atoms. The first-order chi connectivity index (χ1) is 28.7. The first-order valence-electron chi connectivity index (χ1n) is 20.0. The van der Waals surface area contributed by atoms with Crippen molar-refractivity contribution in [2.45, 2.75) is 6.42 Å². The van der Waals surface area contributed by atoms with E-state index >= 15 is 0 Å². The van der Waals surface area contributed by atoms with Crippen molar-refractivity contribution in [1.82, 2.24) is 0 Å². The lowest BCUT2D eigenvalue weighted by Gasteiger charge is -2.18. The smallest absolute Gasteiger partial charge is 0.143 e. The lowest BCUT2D eigenvalue weighted by Crippen LogP contribution is -1.91. The molecule has 11 rings (SSSR count). The molecule has 9 aromatic carbocycles. The van der Waals surface area contributed by atoms with E-state index in [1.807, 2.05) is 0 Å². The fraction of sp³-hybridized carbons (Fsp3) is 0.0175. The van der Waals surface area contributed by atoms with E-state index in [-0.39, 0.29) is 0 Å². The molecular weight excluding hydrogens is 701 g/mol. The third-order valence-corrected chi connectivity index (χ3v) is 11.8. The highest BCUT2D eigenvalue weighted by Crippen LogP contribution is 2.46. The zero-order valence-corrected chi connectivity index (χ0v) is 32.0. The van der Waals surface area contributed by atoms with Gasteiger partial charge < -0.3 is 4.42 Å². The summed E-state index contributed by atoms with van der Waals surface area (Å²) in [6.45, 7) is 4.47. The number of allylic oxidation sites excluding steroid dienone is 5. The van der Waals surface area contributed by atoms with Crippen LogP contribution in [0.15, 0.2) is 217 Å². The van der Waals surface area contributed by atoms with E-state index in [1.165, 1.54) is 71.3 Å². The Labute approximate surface area is 338 Å². The molecule has 10 aromatic rings. The van der Waals surface area contributed by atoms with E-state index in [2.05, 4.69) is 213 Å². The third-order valence-electron chi connectivity index (χ3n) is 11.8. The van der Waals surface area contributed by atoms with E-state index < -0.39 is 0 Å². The minimum absolute atomic E-state index is 0.838. The van der Waals surface area contributed by atoms with Gasteiger partial charge in [0, 0.05) is 16.5 Å². The highest BCUT2D eigenvalue weighted by atomic mass is 16.3. The predicted molar refractivity (Wildman–Crippen MR) is 247 cm³/mol. The quantitative estimate of drug-likeness (QED) is 0.164. The standard InChI is InChI=1S/C57H38O/c1-37-14-3-2-4-16-40-17-7-8-21-47(40)57-54(37)52-33-32-45(36-53(52)58-57)43-19-13-20-46(35-43)56-50-24-11-9-22-48(50)55(49-23-10-12-25-51(49)56)41-29-26-39(27-30-41)44-31-28-38-15-5-6-18-42(38)34-44/h2-15,17-36H,1,16H2/b4-2-,14-3-. The maximum Gasteiger partial charge on any atom is 0.143 e. The Hall–Kier alpha value is -7.48. The fourth-order valence-electron chi connectivity index (χ4n) is 9.04. The minimum Gasteiger partial charge on any atom is -0.455 e. The monoisotopic (exact) mass is 738 g/mol. The lowest BCUT2D eigenvalue weighted by atomic mass is 9.85. The normalized spacial score (nSPS) is 13.8. The SMILES string of the molecule is C=C1/C=C\C=C/Cc2ccccc2-c2oc3cc(-c4cccc(-c5c6ccccc6c(-c6ccc(-c7ccc8ccccc8c7)cc6)c6ccccc56)c4)ccc3c21. The van der Waals surface area contributed by atoms with E-state index in [4.69, 9.17) is 4.42 Å². The van der Waals surface area contributed by atoms with Gasteiger partial charge in [-0.2, -0.15) is 0 Å². The number of rotatable bonds is 4. The van der Waals surface area contributed by atoms with Crippen molar-refractivity contribution < 1.29 is 4.42 Å². The Morgan fingerprint density at radius 3 is 1.76 bits per heavy atom. The molecule has 272 valence electrons. The number of hydrogen-bond donors (Lipinski definition) is 0. The highest BCUT2D eigenvalue weighted by Gasteiger charge is 2.21. The molecule has 1 aliphatic rings. The van der Waals surface area contributed by atoms with E-state index in [0.29, 0.717) is 0 Å². The largest absolute Gasteiger partial charge is 0.455 e. The van der Waals surface area contributed by atoms with Crippen LogP contribution >= 0.6 is 0 Å². The zero-order chi connectivity index (χ0) is 38.6. The van der Waals surface area contributed by atoms with Crippen LogP contribution < -0.4 is 0 Å². The third kappa shape index (κ3) is 5.71. The van der Waals surface area contributed by atoms with Gasteiger partial charge in [0.25, 0.3) is 0 Å². The van der Waals surface area contributed by atoms with Crippen LogP contribution in [0.25, 0.3) is 105 Å². The Balaban J connectivity index is 1.03. The Kier molecular flexibility index (Phi) is 8.12. The van der Waals surface area contributed by atoms with Crippen LogP contribution in [0.3, 0.4) is 0 Å². The van der Waals surface area contributed by atoms with Crippen molar-refractivity contribution in [3.05, 3.63) is 224 Å². The van der Waals surface area contributed by atoms with Gasteiger partial charge >= 0.3 is 0 Å². The summed E-state index contributed by atoms with van der Waals surface area (Å²) in [6, 6.07) is 66.3. The van der Waals surface area contributed by atoms with Crippen molar-refractivity contribution >= 4 is 48.9 Å². The molecule has 0 spiro atoms. The van der Waals surface area contributed by atoms with Gasteiger partial charge in [-0.25, -0.2) is 0 Å². The molecule has 1 aromatic heterocycles. The second kappa shape index (κ2) is 13.9. The highest BCUT2D eigenvalue weighted by molar-refractivity contribution is 6.21. The molecule has 0 amide bonds. The summed E-state index contributed by atoms with van der Waals surface area (Å²) in [6.07, 6.45) is 9.28. The maximum absolute atomic E-state index is 6.80. The van der Waals surface area contributed by atoms with Crippen LogP contribution in [0.1, 0.15) is 11.1 Å². The summed E-state index contributed by atoms with van der Waals surface area (Å²) in [4.78, 5) is 0. The molecular formula is C57H38O. The molecule has 0 radical (unpaired) electrons. The Bertz CT molecular complexity index is 3260. The molecule has 1 heteroatoms. The van der Waals surface area contributed by atoms with Gasteiger partial charge in [-0.15, -0.1) is 0 Å². The molecule has 1 nitrogen and oxygen atoms in total. The molecule has 1 heterocycles. The molecule has 0 bridgehead atoms. The van der Waals surface area contributed by atoms with Crippen molar-refractivity contribution in [1.29, 1.82) is 0 Å². The van der Waals surface area contributed by atoms with E-state index in [0.717, 1.165) is 51.0 Å². The first kappa shape index (κ1) is 33.8. The van der Waals surface area contributed by atoms with Crippen LogP contribution in [-0.2, 0) is 6.42 Å². The summed E-state index contributed by atoms with van der Waals surface area (Å²) in [5, 5.41) is 8.54. The van der Waals surface area contributed by atoms with Gasteiger partial charge in [-0.05, 0) is 119 Å². The average Bonchev–Trinajstić information content (AvgIpc) is 3.67. The molecule has 1 aliphatic carbocycles. The average molecular weight is 739 g/mol. The molecule has 0 unspecified atom stereocenters. The summed E-state index contributed by atoms with van der Waals surface area (Å²) in [5.74, 6) is 0.878. The van der Waals surface area contributed by atoms with E-state index in [1.54, 1.807) is 0 Å². The lowest BCUT2D eigenvalue weighted by molar-refractivity contribution is 0.630. The number of furan rings is 1. The molecule has 0 atom stereocenters. The van der Waals surface area contributed by atoms with Crippen molar-refractivity contribution in [2.24, 2.45) is 0 Å². The maximum atomic E-state index is 6.80. The zero-order valence-electron chi connectivity index (χ0n) is 32.0. The van der Waals surface area contributed by atoms with E-state index in [9.17, 15) is 0 Å². The Morgan fingerprint density at radius 1 is 0.397 bits per heavy atom. The summed E-state index contributed by atoms with van der Waals surface area (Å²) >= 11 is 0. The van der Waals surface area contributed by atoms with Gasteiger partial charge in [-0.1, -0.05) is 189 Å². The van der Waals surface area contributed by atoms with Gasteiger partial charge in [0.1, 0.15) is 11.3 Å². The van der Waals surface area contributed by atoms with Crippen LogP contribution in [0, 0.1) is 0 Å². The van der Waals surface area contributed by atoms with Gasteiger partial charge in [-0.3, -0.25) is 0 Å². The number of hydrogen-bond acceptors (Lipinski definition) is 1. The van der Waals surface area contributed by atoms with Gasteiger partial charge in [0.15, 0.2) is 0 Å². The van der Waals surface area contributed by atoms with Crippen LogP contribution in [0.2, 0.25) is 0 Å². The van der Waals surface area contributed by atoms with Crippen molar-refractivity contribution in [3.63, 3.8) is 0 Å². The second-order valence-electron chi connectivity index (χ2n) is 15.3. The molecule has 0 aliphatic heterocycles. The van der Waals surface area contributed by atoms with Crippen LogP contribution in [-0.4, -0.2) is 0 Å². The first-order valence-corrected chi connectivity index (χ1v) is 20.0. The molecule has 0 saturated heterocycles. The minimum atomic E-state index is 0.838. The topological polar surface area (TPSA) is 13.1 Å². The van der Waals surface area contributed by atoms with Crippen molar-refractivity contribution in [3.8, 4) is 55.8 Å². The van der Waals surface area contributed by atoms with Gasteiger partial charge in [0.05, 0.1) is 0 Å². The van der Waals surface area contributed by atoms with Crippen LogP contribution in [0.5, 0.6) is 0 Å². The molecule has 0 fully saturated rings. The summed E-state index contributed by atoms with van der Waals surface area (Å²) < 4.78 is 6.80. The summed E-state index contributed by atoms with van der Waals surface area (Å²) in [7, 11) is 0. The second-order valence-corrected chi connectivity index (χ2v) is 15.3. The van der Waals surface area contributed by atoms with Crippen molar-refractivity contribution in [2.75, 3.05) is 0 Å². The Morgan fingerprint density at radius 2 is 0.983 bits per heavy atom. The molecule has 0 N–H and O–H groups in total. The number of benzene rings is 9. The van der Waals surface area contributed by atoms with Crippen LogP contribution in [0.4, 0.5) is 0 Å². The predicted octanol–water partition coefficient (Wildman–Crippen LogP) is 15.9. The molecule has 0 saturated carbocycles. The number of fused-ring (bicyclic) bond motifs is 8. The fourth-order valence-corrected chi connectivity index (χ4v) is 9.04. The summed E-state index contributed by atoms with van der Waals surface area (Å²) in [5.41, 5.74) is 14.8.